The zero-order chi connectivity index (χ0) is 17.9. The summed E-state index contributed by atoms with van der Waals surface area (Å²) in [5, 5.41) is 14.7. The molecule has 7 nitrogen and oxygen atoms in total. The maximum absolute atomic E-state index is 5.57. The molecule has 0 radical (unpaired) electrons. The van der Waals surface area contributed by atoms with E-state index >= 15 is 0 Å². The Morgan fingerprint density at radius 3 is 2.76 bits per heavy atom. The number of aliphatic imine (C=N–C) groups is 1. The van der Waals surface area contributed by atoms with Crippen LogP contribution in [0.1, 0.15) is 26.1 Å². The Labute approximate surface area is 149 Å². The highest BCUT2D eigenvalue weighted by atomic mass is 16.5. The lowest BCUT2D eigenvalue weighted by atomic mass is 10.2. The van der Waals surface area contributed by atoms with Gasteiger partial charge in [-0.1, -0.05) is 32.0 Å². The van der Waals surface area contributed by atoms with Crippen molar-refractivity contribution in [3.8, 4) is 5.69 Å². The number of ether oxygens (including phenoxy) is 1. The number of aromatic nitrogens is 3. The van der Waals surface area contributed by atoms with Gasteiger partial charge in [-0.3, -0.25) is 9.56 Å². The Morgan fingerprint density at radius 1 is 1.24 bits per heavy atom. The molecule has 0 saturated heterocycles. The quantitative estimate of drug-likeness (QED) is 0.413. The van der Waals surface area contributed by atoms with Crippen LogP contribution in [0.25, 0.3) is 5.69 Å². The molecule has 136 valence electrons. The Morgan fingerprint density at radius 2 is 2.04 bits per heavy atom. The topological polar surface area (TPSA) is 76.4 Å². The van der Waals surface area contributed by atoms with E-state index < -0.39 is 0 Å². The van der Waals surface area contributed by atoms with Crippen molar-refractivity contribution in [3.63, 3.8) is 0 Å². The molecule has 2 rings (SSSR count). The molecule has 0 spiro atoms. The van der Waals surface area contributed by atoms with Crippen LogP contribution in [0.2, 0.25) is 0 Å². The molecule has 1 aromatic carbocycles. The first-order valence-corrected chi connectivity index (χ1v) is 8.67. The highest BCUT2D eigenvalue weighted by Gasteiger charge is 2.07. The summed E-state index contributed by atoms with van der Waals surface area (Å²) in [5.41, 5.74) is 1.04. The van der Waals surface area contributed by atoms with Gasteiger partial charge in [0.25, 0.3) is 0 Å². The lowest BCUT2D eigenvalue weighted by Gasteiger charge is -2.13. The molecular formula is C18H28N6O. The van der Waals surface area contributed by atoms with Crippen LogP contribution in [-0.2, 0) is 11.3 Å². The molecule has 0 amide bonds. The van der Waals surface area contributed by atoms with E-state index in [1.54, 1.807) is 13.4 Å². The molecule has 0 aliphatic heterocycles. The molecule has 1 aromatic heterocycles. The molecule has 0 saturated carbocycles. The fourth-order valence-corrected chi connectivity index (χ4v) is 2.27. The second-order valence-corrected chi connectivity index (χ2v) is 6.13. The van der Waals surface area contributed by atoms with Crippen LogP contribution in [0.15, 0.2) is 41.7 Å². The van der Waals surface area contributed by atoms with Crippen LogP contribution in [0.4, 0.5) is 0 Å². The molecule has 0 fully saturated rings. The van der Waals surface area contributed by atoms with E-state index in [4.69, 9.17) is 4.74 Å². The first kappa shape index (κ1) is 18.9. The average Bonchev–Trinajstić information content (AvgIpc) is 3.09. The van der Waals surface area contributed by atoms with Crippen molar-refractivity contribution >= 4 is 5.96 Å². The Hall–Kier alpha value is -2.41. The fraction of sp³-hybridized carbons (Fsp3) is 0.500. The Bertz CT molecular complexity index is 638. The molecule has 25 heavy (non-hydrogen) atoms. The van der Waals surface area contributed by atoms with E-state index in [9.17, 15) is 0 Å². The van der Waals surface area contributed by atoms with Gasteiger partial charge >= 0.3 is 0 Å². The van der Waals surface area contributed by atoms with E-state index in [2.05, 4.69) is 39.7 Å². The van der Waals surface area contributed by atoms with Gasteiger partial charge in [0.2, 0.25) is 0 Å². The summed E-state index contributed by atoms with van der Waals surface area (Å²) in [4.78, 5) is 4.23. The summed E-state index contributed by atoms with van der Waals surface area (Å²) in [5.74, 6) is 2.14. The highest BCUT2D eigenvalue weighted by molar-refractivity contribution is 5.79. The van der Waals surface area contributed by atoms with Crippen molar-refractivity contribution in [1.29, 1.82) is 0 Å². The number of rotatable bonds is 9. The fourth-order valence-electron chi connectivity index (χ4n) is 2.27. The summed E-state index contributed by atoms with van der Waals surface area (Å²) in [6.45, 7) is 7.21. The number of nitrogens with zero attached hydrogens (tertiary/aromatic N) is 4. The van der Waals surface area contributed by atoms with Gasteiger partial charge in [-0.25, -0.2) is 0 Å². The number of benzene rings is 1. The summed E-state index contributed by atoms with van der Waals surface area (Å²) in [6.07, 6.45) is 2.65. The van der Waals surface area contributed by atoms with Gasteiger partial charge in [-0.2, -0.15) is 0 Å². The van der Waals surface area contributed by atoms with Crippen LogP contribution in [0.5, 0.6) is 0 Å². The molecule has 1 heterocycles. The largest absolute Gasteiger partial charge is 0.381 e. The molecule has 0 bridgehead atoms. The number of hydrogen-bond acceptors (Lipinski definition) is 4. The number of hydrogen-bond donors (Lipinski definition) is 2. The minimum absolute atomic E-state index is 0.540. The number of para-hydroxylation sites is 1. The van der Waals surface area contributed by atoms with Crippen molar-refractivity contribution in [2.24, 2.45) is 10.9 Å². The van der Waals surface area contributed by atoms with Gasteiger partial charge in [0.1, 0.15) is 6.33 Å². The first-order valence-electron chi connectivity index (χ1n) is 8.67. The maximum Gasteiger partial charge on any atom is 0.191 e. The lowest BCUT2D eigenvalue weighted by molar-refractivity contribution is 0.108. The van der Waals surface area contributed by atoms with Crippen molar-refractivity contribution < 1.29 is 4.74 Å². The molecule has 2 aromatic rings. The summed E-state index contributed by atoms with van der Waals surface area (Å²) < 4.78 is 7.53. The minimum atomic E-state index is 0.540. The van der Waals surface area contributed by atoms with E-state index in [-0.39, 0.29) is 0 Å². The second-order valence-electron chi connectivity index (χ2n) is 6.13. The van der Waals surface area contributed by atoms with Crippen molar-refractivity contribution in [2.45, 2.75) is 26.8 Å². The summed E-state index contributed by atoms with van der Waals surface area (Å²) in [7, 11) is 1.76. The van der Waals surface area contributed by atoms with Crippen LogP contribution in [0, 0.1) is 5.92 Å². The van der Waals surface area contributed by atoms with Crippen molar-refractivity contribution in [1.82, 2.24) is 25.4 Å². The van der Waals surface area contributed by atoms with Crippen molar-refractivity contribution in [3.05, 3.63) is 42.5 Å². The molecule has 0 aliphatic carbocycles. The van der Waals surface area contributed by atoms with Crippen molar-refractivity contribution in [2.75, 3.05) is 26.8 Å². The van der Waals surface area contributed by atoms with Crippen LogP contribution >= 0.6 is 0 Å². The molecule has 0 atom stereocenters. The van der Waals surface area contributed by atoms with Gasteiger partial charge in [0.15, 0.2) is 11.8 Å². The van der Waals surface area contributed by atoms with E-state index in [0.29, 0.717) is 12.5 Å². The SMILES string of the molecule is CN=C(NCCCOCC(C)C)NCc1nncn1-c1ccccc1. The average molecular weight is 344 g/mol. The van der Waals surface area contributed by atoms with Gasteiger partial charge < -0.3 is 15.4 Å². The van der Waals surface area contributed by atoms with E-state index in [0.717, 1.165) is 43.7 Å². The van der Waals surface area contributed by atoms with E-state index in [1.807, 2.05) is 34.9 Å². The third-order valence-electron chi connectivity index (χ3n) is 3.50. The van der Waals surface area contributed by atoms with Gasteiger partial charge in [-0.05, 0) is 24.5 Å². The third-order valence-corrected chi connectivity index (χ3v) is 3.50. The smallest absolute Gasteiger partial charge is 0.191 e. The maximum atomic E-state index is 5.57. The Balaban J connectivity index is 1.76. The predicted octanol–water partition coefficient (Wildman–Crippen LogP) is 1.99. The lowest BCUT2D eigenvalue weighted by Crippen LogP contribution is -2.38. The Kier molecular flexibility index (Phi) is 7.91. The van der Waals surface area contributed by atoms with E-state index in [1.165, 1.54) is 0 Å². The van der Waals surface area contributed by atoms with Gasteiger partial charge in [-0.15, -0.1) is 10.2 Å². The second kappa shape index (κ2) is 10.5. The highest BCUT2D eigenvalue weighted by Crippen LogP contribution is 2.08. The first-order chi connectivity index (χ1) is 12.2. The van der Waals surface area contributed by atoms with Crippen LogP contribution in [0.3, 0.4) is 0 Å². The van der Waals surface area contributed by atoms with Gasteiger partial charge in [0.05, 0.1) is 6.54 Å². The molecule has 2 N–H and O–H groups in total. The normalized spacial score (nSPS) is 11.8. The zero-order valence-corrected chi connectivity index (χ0v) is 15.3. The monoisotopic (exact) mass is 344 g/mol. The summed E-state index contributed by atoms with van der Waals surface area (Å²) >= 11 is 0. The molecular weight excluding hydrogens is 316 g/mol. The van der Waals surface area contributed by atoms with Crippen LogP contribution in [-0.4, -0.2) is 47.5 Å². The molecule has 0 aliphatic rings. The third kappa shape index (κ3) is 6.54. The summed E-state index contributed by atoms with van der Waals surface area (Å²) in [6, 6.07) is 10.0. The van der Waals surface area contributed by atoms with Crippen LogP contribution < -0.4 is 10.6 Å². The standard InChI is InChI=1S/C18H28N6O/c1-15(2)13-25-11-7-10-20-18(19-3)21-12-17-23-22-14-24(17)16-8-5-4-6-9-16/h4-6,8-9,14-15H,7,10-13H2,1-3H3,(H2,19,20,21). The minimum Gasteiger partial charge on any atom is -0.381 e. The predicted molar refractivity (Wildman–Crippen MR) is 99.8 cm³/mol. The zero-order valence-electron chi connectivity index (χ0n) is 15.3. The number of guanidine groups is 1. The molecule has 7 heteroatoms. The number of nitrogens with one attached hydrogen (secondary N) is 2. The van der Waals surface area contributed by atoms with Gasteiger partial charge in [0, 0.05) is 32.5 Å². The molecule has 0 unspecified atom stereocenters.